The molecule has 0 aliphatic rings. The summed E-state index contributed by atoms with van der Waals surface area (Å²) in [7, 11) is 1.76. The van der Waals surface area contributed by atoms with Gasteiger partial charge in [0.1, 0.15) is 17.8 Å². The highest BCUT2D eigenvalue weighted by Gasteiger charge is 2.14. The van der Waals surface area contributed by atoms with E-state index in [1.54, 1.807) is 37.1 Å². The lowest BCUT2D eigenvalue weighted by Gasteiger charge is -2.19. The van der Waals surface area contributed by atoms with Gasteiger partial charge >= 0.3 is 0 Å². The zero-order chi connectivity index (χ0) is 15.6. The Hall–Kier alpha value is -2.02. The zero-order valence-electron chi connectivity index (χ0n) is 11.5. The molecule has 1 aromatic carbocycles. The fourth-order valence-electron chi connectivity index (χ4n) is 1.93. The largest absolute Gasteiger partial charge is 0.355 e. The van der Waals surface area contributed by atoms with Crippen molar-refractivity contribution in [1.29, 1.82) is 0 Å². The molecule has 5 nitrogen and oxygen atoms in total. The minimum Gasteiger partial charge on any atom is -0.355 e. The third-order valence-electron chi connectivity index (χ3n) is 3.07. The summed E-state index contributed by atoms with van der Waals surface area (Å²) in [6, 6.07) is 6.34. The SMILES string of the molecule is Cc1cc(N(C)Cc2cc(Br)ccc2F)ncc1[N+](=O)[O-]. The second-order valence-electron chi connectivity index (χ2n) is 4.68. The van der Waals surface area contributed by atoms with Crippen LogP contribution in [0, 0.1) is 22.9 Å². The van der Waals surface area contributed by atoms with Crippen LogP contribution in [0.3, 0.4) is 0 Å². The van der Waals surface area contributed by atoms with Crippen molar-refractivity contribution in [1.82, 2.24) is 4.98 Å². The molecule has 0 radical (unpaired) electrons. The number of nitrogens with zero attached hydrogens (tertiary/aromatic N) is 3. The Kier molecular flexibility index (Phi) is 4.52. The summed E-state index contributed by atoms with van der Waals surface area (Å²) in [5.41, 5.74) is 1.01. The number of nitro groups is 1. The van der Waals surface area contributed by atoms with E-state index in [2.05, 4.69) is 20.9 Å². The molecular weight excluding hydrogens is 341 g/mol. The first kappa shape index (κ1) is 15.4. The minimum absolute atomic E-state index is 0.0270. The predicted molar refractivity (Wildman–Crippen MR) is 81.8 cm³/mol. The molecule has 0 atom stereocenters. The Morgan fingerprint density at radius 2 is 2.14 bits per heavy atom. The van der Waals surface area contributed by atoms with Crippen LogP contribution in [0.1, 0.15) is 11.1 Å². The first-order valence-electron chi connectivity index (χ1n) is 6.14. The fourth-order valence-corrected chi connectivity index (χ4v) is 2.34. The zero-order valence-corrected chi connectivity index (χ0v) is 13.1. The topological polar surface area (TPSA) is 59.3 Å². The summed E-state index contributed by atoms with van der Waals surface area (Å²) < 4.78 is 14.5. The van der Waals surface area contributed by atoms with Gasteiger partial charge < -0.3 is 4.90 Å². The predicted octanol–water partition coefficient (Wildman–Crippen LogP) is 3.84. The third-order valence-corrected chi connectivity index (χ3v) is 3.57. The van der Waals surface area contributed by atoms with Crippen LogP contribution < -0.4 is 4.90 Å². The van der Waals surface area contributed by atoms with Crippen LogP contribution in [0.2, 0.25) is 0 Å². The highest BCUT2D eigenvalue weighted by Crippen LogP contribution is 2.23. The lowest BCUT2D eigenvalue weighted by molar-refractivity contribution is -0.385. The van der Waals surface area contributed by atoms with E-state index in [0.29, 0.717) is 23.5 Å². The van der Waals surface area contributed by atoms with Gasteiger partial charge in [-0.3, -0.25) is 10.1 Å². The summed E-state index contributed by atoms with van der Waals surface area (Å²) in [6.07, 6.45) is 1.22. The van der Waals surface area contributed by atoms with E-state index in [1.807, 2.05) is 0 Å². The second-order valence-corrected chi connectivity index (χ2v) is 5.59. The molecule has 0 aliphatic heterocycles. The van der Waals surface area contributed by atoms with Gasteiger partial charge in [-0.1, -0.05) is 15.9 Å². The maximum Gasteiger partial charge on any atom is 0.290 e. The van der Waals surface area contributed by atoms with E-state index in [-0.39, 0.29) is 11.5 Å². The van der Waals surface area contributed by atoms with Gasteiger partial charge in [-0.05, 0) is 31.2 Å². The van der Waals surface area contributed by atoms with Gasteiger partial charge in [0.15, 0.2) is 0 Å². The van der Waals surface area contributed by atoms with Gasteiger partial charge in [-0.25, -0.2) is 9.37 Å². The molecular formula is C14H13BrFN3O2. The summed E-state index contributed by atoms with van der Waals surface area (Å²) >= 11 is 3.30. The van der Waals surface area contributed by atoms with Crippen molar-refractivity contribution >= 4 is 27.4 Å². The second kappa shape index (κ2) is 6.17. The molecule has 0 aliphatic carbocycles. The molecule has 0 bridgehead atoms. The average Bonchev–Trinajstić information content (AvgIpc) is 2.42. The molecule has 0 amide bonds. The minimum atomic E-state index is -0.472. The van der Waals surface area contributed by atoms with Crippen molar-refractivity contribution in [3.8, 4) is 0 Å². The van der Waals surface area contributed by atoms with Crippen LogP contribution in [0.4, 0.5) is 15.9 Å². The van der Waals surface area contributed by atoms with Crippen LogP contribution in [0.25, 0.3) is 0 Å². The Balaban J connectivity index is 2.24. The van der Waals surface area contributed by atoms with E-state index < -0.39 is 4.92 Å². The van der Waals surface area contributed by atoms with Crippen molar-refractivity contribution in [2.75, 3.05) is 11.9 Å². The fraction of sp³-hybridized carbons (Fsp3) is 0.214. The van der Waals surface area contributed by atoms with E-state index in [9.17, 15) is 14.5 Å². The molecule has 0 saturated carbocycles. The highest BCUT2D eigenvalue weighted by atomic mass is 79.9. The molecule has 110 valence electrons. The number of pyridine rings is 1. The number of rotatable bonds is 4. The summed E-state index contributed by atoms with van der Waals surface area (Å²) in [5.74, 6) is 0.251. The van der Waals surface area contributed by atoms with Crippen LogP contribution in [0.15, 0.2) is 34.9 Å². The first-order chi connectivity index (χ1) is 9.88. The van der Waals surface area contributed by atoms with Crippen molar-refractivity contribution in [3.63, 3.8) is 0 Å². The number of hydrogen-bond donors (Lipinski definition) is 0. The third kappa shape index (κ3) is 3.55. The molecule has 0 N–H and O–H groups in total. The molecule has 0 unspecified atom stereocenters. The van der Waals surface area contributed by atoms with Crippen LogP contribution in [-0.2, 0) is 6.54 Å². The van der Waals surface area contributed by atoms with Crippen molar-refractivity contribution in [3.05, 3.63) is 62.0 Å². The number of hydrogen-bond acceptors (Lipinski definition) is 4. The van der Waals surface area contributed by atoms with Crippen LogP contribution in [-0.4, -0.2) is 17.0 Å². The Morgan fingerprint density at radius 3 is 2.76 bits per heavy atom. The number of aryl methyl sites for hydroxylation is 1. The lowest BCUT2D eigenvalue weighted by atomic mass is 10.2. The number of aromatic nitrogens is 1. The monoisotopic (exact) mass is 353 g/mol. The lowest BCUT2D eigenvalue weighted by Crippen LogP contribution is -2.18. The van der Waals surface area contributed by atoms with Gasteiger partial charge in [-0.2, -0.15) is 0 Å². The van der Waals surface area contributed by atoms with E-state index >= 15 is 0 Å². The molecule has 2 rings (SSSR count). The Labute approximate surface area is 129 Å². The number of anilines is 1. The Bertz CT molecular complexity index is 694. The van der Waals surface area contributed by atoms with Gasteiger partial charge in [0, 0.05) is 29.2 Å². The summed E-state index contributed by atoms with van der Waals surface area (Å²) in [5, 5.41) is 10.8. The molecule has 2 aromatic rings. The van der Waals surface area contributed by atoms with Gasteiger partial charge in [0.2, 0.25) is 0 Å². The van der Waals surface area contributed by atoms with Crippen LogP contribution >= 0.6 is 15.9 Å². The van der Waals surface area contributed by atoms with Gasteiger partial charge in [-0.15, -0.1) is 0 Å². The summed E-state index contributed by atoms with van der Waals surface area (Å²) in [4.78, 5) is 16.1. The summed E-state index contributed by atoms with van der Waals surface area (Å²) in [6.45, 7) is 1.96. The maximum atomic E-state index is 13.7. The quantitative estimate of drug-likeness (QED) is 0.618. The number of halogens is 2. The number of benzene rings is 1. The molecule has 1 aromatic heterocycles. The van der Waals surface area contributed by atoms with Crippen molar-refractivity contribution < 1.29 is 9.31 Å². The Morgan fingerprint density at radius 1 is 1.43 bits per heavy atom. The highest BCUT2D eigenvalue weighted by molar-refractivity contribution is 9.10. The molecule has 1 heterocycles. The van der Waals surface area contributed by atoms with Gasteiger partial charge in [0.25, 0.3) is 5.69 Å². The van der Waals surface area contributed by atoms with Crippen molar-refractivity contribution in [2.24, 2.45) is 0 Å². The molecule has 7 heteroatoms. The van der Waals surface area contributed by atoms with E-state index in [1.165, 1.54) is 12.3 Å². The van der Waals surface area contributed by atoms with Crippen LogP contribution in [0.5, 0.6) is 0 Å². The normalized spacial score (nSPS) is 10.5. The smallest absolute Gasteiger partial charge is 0.290 e. The van der Waals surface area contributed by atoms with Crippen molar-refractivity contribution in [2.45, 2.75) is 13.5 Å². The maximum absolute atomic E-state index is 13.7. The molecule has 0 fully saturated rings. The van der Waals surface area contributed by atoms with Gasteiger partial charge in [0.05, 0.1) is 4.92 Å². The van der Waals surface area contributed by atoms with E-state index in [0.717, 1.165) is 4.47 Å². The molecule has 21 heavy (non-hydrogen) atoms. The average molecular weight is 354 g/mol. The van der Waals surface area contributed by atoms with E-state index in [4.69, 9.17) is 0 Å². The molecule has 0 saturated heterocycles. The standard InChI is InChI=1S/C14H13BrFN3O2/c1-9-5-14(17-7-13(9)19(20)21)18(2)8-10-6-11(15)3-4-12(10)16/h3-7H,8H2,1-2H3. The first-order valence-corrected chi connectivity index (χ1v) is 6.94. The molecule has 0 spiro atoms.